The standard InChI is InChI=1S/C20H23N3O2/c1-4-5-10-21-20(24)18-13-16(19-7-6-11-25-19)22-23(18)17-12-14(2)8-9-15(17)3/h6-9,11-13H,4-5,10H2,1-3H3,(H,21,24). The normalized spacial score (nSPS) is 10.8. The monoisotopic (exact) mass is 337 g/mol. The van der Waals surface area contributed by atoms with Gasteiger partial charge in [-0.25, -0.2) is 4.68 Å². The predicted molar refractivity (Wildman–Crippen MR) is 98.0 cm³/mol. The van der Waals surface area contributed by atoms with Gasteiger partial charge in [-0.05, 0) is 49.6 Å². The SMILES string of the molecule is CCCCNC(=O)c1cc(-c2ccco2)nn1-c1cc(C)ccc1C. The fraction of sp³-hybridized carbons (Fsp3) is 0.300. The van der Waals surface area contributed by atoms with Crippen LogP contribution in [0.5, 0.6) is 0 Å². The number of aryl methyl sites for hydroxylation is 2. The molecule has 3 aromatic rings. The van der Waals surface area contributed by atoms with Gasteiger partial charge in [0.15, 0.2) is 5.76 Å². The zero-order chi connectivity index (χ0) is 17.8. The minimum Gasteiger partial charge on any atom is -0.463 e. The van der Waals surface area contributed by atoms with E-state index in [9.17, 15) is 4.79 Å². The summed E-state index contributed by atoms with van der Waals surface area (Å²) in [7, 11) is 0. The van der Waals surface area contributed by atoms with E-state index < -0.39 is 0 Å². The summed E-state index contributed by atoms with van der Waals surface area (Å²) in [6, 6.07) is 11.6. The molecule has 0 bridgehead atoms. The molecule has 130 valence electrons. The van der Waals surface area contributed by atoms with Crippen molar-refractivity contribution in [3.8, 4) is 17.1 Å². The van der Waals surface area contributed by atoms with E-state index in [1.807, 2.05) is 38.1 Å². The second kappa shape index (κ2) is 7.38. The maximum absolute atomic E-state index is 12.7. The predicted octanol–water partition coefficient (Wildman–Crippen LogP) is 4.28. The van der Waals surface area contributed by atoms with Crippen LogP contribution in [0.3, 0.4) is 0 Å². The van der Waals surface area contributed by atoms with E-state index >= 15 is 0 Å². The van der Waals surface area contributed by atoms with E-state index in [4.69, 9.17) is 4.42 Å². The van der Waals surface area contributed by atoms with E-state index in [2.05, 4.69) is 23.4 Å². The van der Waals surface area contributed by atoms with Crippen molar-refractivity contribution in [2.45, 2.75) is 33.6 Å². The van der Waals surface area contributed by atoms with Gasteiger partial charge in [0, 0.05) is 12.6 Å². The summed E-state index contributed by atoms with van der Waals surface area (Å²) < 4.78 is 7.16. The molecule has 0 saturated heterocycles. The van der Waals surface area contributed by atoms with E-state index in [1.54, 1.807) is 17.0 Å². The van der Waals surface area contributed by atoms with Gasteiger partial charge in [0.05, 0.1) is 12.0 Å². The Morgan fingerprint density at radius 3 is 2.80 bits per heavy atom. The Bertz CT molecular complexity index is 863. The Morgan fingerprint density at radius 2 is 2.08 bits per heavy atom. The number of hydrogen-bond donors (Lipinski definition) is 1. The smallest absolute Gasteiger partial charge is 0.270 e. The first-order chi connectivity index (χ1) is 12.1. The van der Waals surface area contributed by atoms with Crippen LogP contribution in [-0.2, 0) is 0 Å². The van der Waals surface area contributed by atoms with E-state index in [-0.39, 0.29) is 5.91 Å². The van der Waals surface area contributed by atoms with Gasteiger partial charge >= 0.3 is 0 Å². The fourth-order valence-corrected chi connectivity index (χ4v) is 2.69. The number of amides is 1. The van der Waals surface area contributed by atoms with E-state index in [0.717, 1.165) is 29.7 Å². The van der Waals surface area contributed by atoms with Crippen molar-refractivity contribution in [3.05, 3.63) is 59.5 Å². The van der Waals surface area contributed by atoms with Crippen molar-refractivity contribution in [1.82, 2.24) is 15.1 Å². The molecule has 1 amide bonds. The fourth-order valence-electron chi connectivity index (χ4n) is 2.69. The Balaban J connectivity index is 2.05. The number of furan rings is 1. The quantitative estimate of drug-likeness (QED) is 0.683. The number of benzene rings is 1. The highest BCUT2D eigenvalue weighted by molar-refractivity contribution is 5.94. The van der Waals surface area contributed by atoms with Crippen LogP contribution in [-0.4, -0.2) is 22.2 Å². The topological polar surface area (TPSA) is 60.1 Å². The number of rotatable bonds is 6. The summed E-state index contributed by atoms with van der Waals surface area (Å²) in [5.74, 6) is 0.520. The van der Waals surface area contributed by atoms with Gasteiger partial charge < -0.3 is 9.73 Å². The van der Waals surface area contributed by atoms with Crippen LogP contribution in [0.25, 0.3) is 17.1 Å². The lowest BCUT2D eigenvalue weighted by Gasteiger charge is -2.11. The highest BCUT2D eigenvalue weighted by atomic mass is 16.3. The lowest BCUT2D eigenvalue weighted by atomic mass is 10.1. The Kier molecular flexibility index (Phi) is 5.03. The number of unbranched alkanes of at least 4 members (excludes halogenated alkanes) is 1. The van der Waals surface area contributed by atoms with Gasteiger partial charge in [-0.3, -0.25) is 4.79 Å². The largest absolute Gasteiger partial charge is 0.463 e. The van der Waals surface area contributed by atoms with Crippen molar-refractivity contribution in [2.24, 2.45) is 0 Å². The zero-order valence-corrected chi connectivity index (χ0v) is 14.9. The van der Waals surface area contributed by atoms with Crippen molar-refractivity contribution in [1.29, 1.82) is 0 Å². The van der Waals surface area contributed by atoms with Crippen molar-refractivity contribution < 1.29 is 9.21 Å². The second-order valence-electron chi connectivity index (χ2n) is 6.20. The molecule has 2 aromatic heterocycles. The number of carbonyl (C=O) groups excluding carboxylic acids is 1. The molecule has 1 N–H and O–H groups in total. The summed E-state index contributed by atoms with van der Waals surface area (Å²) in [6.07, 6.45) is 3.59. The van der Waals surface area contributed by atoms with Gasteiger partial charge in [0.25, 0.3) is 5.91 Å². The summed E-state index contributed by atoms with van der Waals surface area (Å²) in [5.41, 5.74) is 4.23. The van der Waals surface area contributed by atoms with E-state index in [1.165, 1.54) is 0 Å². The molecule has 0 aliphatic rings. The van der Waals surface area contributed by atoms with Crippen molar-refractivity contribution in [2.75, 3.05) is 6.54 Å². The Labute approximate surface area is 147 Å². The molecule has 1 aromatic carbocycles. The van der Waals surface area contributed by atoms with Crippen molar-refractivity contribution >= 4 is 5.91 Å². The molecule has 0 fully saturated rings. The molecule has 5 heteroatoms. The highest BCUT2D eigenvalue weighted by Crippen LogP contribution is 2.24. The second-order valence-corrected chi connectivity index (χ2v) is 6.20. The van der Waals surface area contributed by atoms with Gasteiger partial charge in [0.2, 0.25) is 0 Å². The van der Waals surface area contributed by atoms with Crippen LogP contribution < -0.4 is 5.32 Å². The number of carbonyl (C=O) groups is 1. The lowest BCUT2D eigenvalue weighted by molar-refractivity contribution is 0.0945. The zero-order valence-electron chi connectivity index (χ0n) is 14.9. The number of nitrogens with one attached hydrogen (secondary N) is 1. The third-order valence-electron chi connectivity index (χ3n) is 4.12. The van der Waals surface area contributed by atoms with Gasteiger partial charge in [0.1, 0.15) is 11.4 Å². The molecule has 0 spiro atoms. The summed E-state index contributed by atoms with van der Waals surface area (Å²) in [6.45, 7) is 6.80. The molecular weight excluding hydrogens is 314 g/mol. The maximum atomic E-state index is 12.7. The summed E-state index contributed by atoms with van der Waals surface area (Å²) >= 11 is 0. The van der Waals surface area contributed by atoms with Crippen LogP contribution in [0.2, 0.25) is 0 Å². The van der Waals surface area contributed by atoms with Gasteiger partial charge in [-0.15, -0.1) is 0 Å². The molecule has 25 heavy (non-hydrogen) atoms. The molecule has 5 nitrogen and oxygen atoms in total. The maximum Gasteiger partial charge on any atom is 0.270 e. The molecule has 0 saturated carbocycles. The third kappa shape index (κ3) is 3.65. The Hall–Kier alpha value is -2.82. The molecule has 2 heterocycles. The number of hydrogen-bond acceptors (Lipinski definition) is 3. The molecule has 0 radical (unpaired) electrons. The minimum absolute atomic E-state index is 0.125. The van der Waals surface area contributed by atoms with E-state index in [0.29, 0.717) is 23.7 Å². The first-order valence-electron chi connectivity index (χ1n) is 8.60. The average Bonchev–Trinajstić information content (AvgIpc) is 3.26. The van der Waals surface area contributed by atoms with Crippen LogP contribution >= 0.6 is 0 Å². The lowest BCUT2D eigenvalue weighted by Crippen LogP contribution is -2.26. The summed E-state index contributed by atoms with van der Waals surface area (Å²) in [4.78, 5) is 12.7. The number of nitrogens with zero attached hydrogens (tertiary/aromatic N) is 2. The van der Waals surface area contributed by atoms with Crippen LogP contribution in [0.15, 0.2) is 47.1 Å². The molecule has 0 aliphatic heterocycles. The third-order valence-corrected chi connectivity index (χ3v) is 4.12. The van der Waals surface area contributed by atoms with Crippen LogP contribution in [0, 0.1) is 13.8 Å². The molecular formula is C20H23N3O2. The Morgan fingerprint density at radius 1 is 1.24 bits per heavy atom. The molecule has 0 aliphatic carbocycles. The highest BCUT2D eigenvalue weighted by Gasteiger charge is 2.19. The molecule has 0 unspecified atom stereocenters. The minimum atomic E-state index is -0.125. The van der Waals surface area contributed by atoms with Crippen LogP contribution in [0.1, 0.15) is 41.4 Å². The average molecular weight is 337 g/mol. The summed E-state index contributed by atoms with van der Waals surface area (Å²) in [5, 5.41) is 7.61. The van der Waals surface area contributed by atoms with Gasteiger partial charge in [-0.1, -0.05) is 25.5 Å². The molecule has 3 rings (SSSR count). The number of aromatic nitrogens is 2. The van der Waals surface area contributed by atoms with Gasteiger partial charge in [-0.2, -0.15) is 5.10 Å². The molecule has 0 atom stereocenters. The van der Waals surface area contributed by atoms with Crippen molar-refractivity contribution in [3.63, 3.8) is 0 Å². The first kappa shape index (κ1) is 17.0. The first-order valence-corrected chi connectivity index (χ1v) is 8.60. The van der Waals surface area contributed by atoms with Crippen LogP contribution in [0.4, 0.5) is 0 Å².